The van der Waals surface area contributed by atoms with Crippen LogP contribution in [-0.4, -0.2) is 74.3 Å². The van der Waals surface area contributed by atoms with E-state index in [1.54, 1.807) is 0 Å². The summed E-state index contributed by atoms with van der Waals surface area (Å²) in [4.78, 5) is 0. The van der Waals surface area contributed by atoms with E-state index >= 15 is 0 Å². The quantitative estimate of drug-likeness (QED) is 0.0549. The second kappa shape index (κ2) is 49.9. The van der Waals surface area contributed by atoms with Gasteiger partial charge in [-0.05, 0) is 12.8 Å². The van der Waals surface area contributed by atoms with Crippen LogP contribution < -0.4 is 0 Å². The van der Waals surface area contributed by atoms with Crippen molar-refractivity contribution in [3.8, 4) is 0 Å². The molecule has 298 valence electrons. The number of hydrogen-bond donors (Lipinski definition) is 3. The zero-order valence-corrected chi connectivity index (χ0v) is 33.4. The first kappa shape index (κ1) is 50.9. The molecule has 0 atom stereocenters. The minimum atomic E-state index is -0.954. The lowest BCUT2D eigenvalue weighted by atomic mass is 10.0. The molecular weight excluding hydrogens is 612 g/mol. The molecule has 0 bridgehead atoms. The average molecular weight is 703 g/mol. The fourth-order valence-electron chi connectivity index (χ4n) is 6.10. The summed E-state index contributed by atoms with van der Waals surface area (Å²) in [5, 5.41) is 24.0. The fraction of sp³-hybridized carbons (Fsp3) is 1.00. The molecule has 0 saturated heterocycles. The van der Waals surface area contributed by atoms with E-state index in [9.17, 15) is 0 Å². The molecule has 0 aromatic carbocycles. The second-order valence-corrected chi connectivity index (χ2v) is 14.5. The van der Waals surface area contributed by atoms with Gasteiger partial charge in [0.05, 0.1) is 39.6 Å². The number of unbranched alkanes of at least 4 members (excludes halogenated alkanes) is 30. The van der Waals surface area contributed by atoms with Gasteiger partial charge in [0, 0.05) is 13.2 Å². The van der Waals surface area contributed by atoms with E-state index in [0.29, 0.717) is 13.2 Å². The van der Waals surface area contributed by atoms with Gasteiger partial charge in [0.2, 0.25) is 0 Å². The maximum atomic E-state index is 8.17. The van der Waals surface area contributed by atoms with Crippen molar-refractivity contribution in [3.63, 3.8) is 0 Å². The summed E-state index contributed by atoms with van der Waals surface area (Å²) >= 11 is 0. The fourth-order valence-corrected chi connectivity index (χ4v) is 6.10. The van der Waals surface area contributed by atoms with Crippen LogP contribution in [0, 0.1) is 0 Å². The number of aliphatic hydroxyl groups is 3. The summed E-state index contributed by atoms with van der Waals surface area (Å²) in [5.74, 6) is 0. The second-order valence-electron chi connectivity index (χ2n) is 14.5. The minimum Gasteiger partial charge on any atom is -0.394 e. The first-order valence-corrected chi connectivity index (χ1v) is 21.9. The Kier molecular flexibility index (Phi) is 51.8. The van der Waals surface area contributed by atoms with Crippen LogP contribution in [0.1, 0.15) is 219 Å². The van der Waals surface area contributed by atoms with E-state index in [2.05, 4.69) is 13.8 Å². The molecule has 0 aromatic heterocycles. The van der Waals surface area contributed by atoms with Gasteiger partial charge in [-0.2, -0.15) is 0 Å². The summed E-state index contributed by atoms with van der Waals surface area (Å²) in [5.41, 5.74) is 0. The molecule has 0 aromatic rings. The predicted molar refractivity (Wildman–Crippen MR) is 212 cm³/mol. The van der Waals surface area contributed by atoms with Crippen molar-refractivity contribution < 1.29 is 29.5 Å². The minimum absolute atomic E-state index is 0.365. The van der Waals surface area contributed by atoms with E-state index in [0.717, 1.165) is 26.4 Å². The average Bonchev–Trinajstić information content (AvgIpc) is 3.12. The van der Waals surface area contributed by atoms with E-state index in [-0.39, 0.29) is 13.2 Å². The lowest BCUT2D eigenvalue weighted by Crippen LogP contribution is -2.15. The Morgan fingerprint density at radius 1 is 0.286 bits per heavy atom. The molecule has 0 aliphatic carbocycles. The Balaban J connectivity index is 0. The molecule has 0 saturated carbocycles. The van der Waals surface area contributed by atoms with Crippen LogP contribution in [0.15, 0.2) is 0 Å². The number of hydrogen-bond acceptors (Lipinski definition) is 6. The molecule has 0 fully saturated rings. The van der Waals surface area contributed by atoms with Crippen molar-refractivity contribution >= 4 is 0 Å². The Bertz CT molecular complexity index is 490. The van der Waals surface area contributed by atoms with Crippen molar-refractivity contribution in [2.75, 3.05) is 52.9 Å². The van der Waals surface area contributed by atoms with Gasteiger partial charge in [0.1, 0.15) is 6.10 Å². The van der Waals surface area contributed by atoms with Gasteiger partial charge >= 0.3 is 0 Å². The molecule has 0 unspecified atom stereocenters. The first-order valence-electron chi connectivity index (χ1n) is 21.9. The van der Waals surface area contributed by atoms with Crippen LogP contribution in [0.4, 0.5) is 0 Å². The van der Waals surface area contributed by atoms with Gasteiger partial charge in [-0.1, -0.05) is 206 Å². The Morgan fingerprint density at radius 2 is 0.469 bits per heavy atom. The maximum Gasteiger partial charge on any atom is 0.100 e. The zero-order valence-electron chi connectivity index (χ0n) is 33.4. The monoisotopic (exact) mass is 703 g/mol. The molecule has 0 amide bonds. The lowest BCUT2D eigenvalue weighted by molar-refractivity contribution is 0.0132. The standard InChI is InChI=1S/C40H82O3.C3H8O3/c1-3-5-7-9-11-13-15-17-19-21-23-25-27-29-31-33-35-41-37-39-43-40-38-42-36-34-32-30-28-26-24-22-20-18-16-14-12-10-8-6-4-2;4-1-3(6)2-5/h3-40H2,1-2H3;3-6H,1-2H2. The molecule has 6 nitrogen and oxygen atoms in total. The van der Waals surface area contributed by atoms with Gasteiger partial charge in [-0.25, -0.2) is 0 Å². The molecule has 0 spiro atoms. The third kappa shape index (κ3) is 52.2. The SMILES string of the molecule is CCCCCCCCCCCCCCCCCCOCCOCCOCCCCCCCCCCCCCCCCCC.OCC(O)CO. The molecule has 3 N–H and O–H groups in total. The van der Waals surface area contributed by atoms with Crippen LogP contribution in [0.25, 0.3) is 0 Å². The van der Waals surface area contributed by atoms with Crippen LogP contribution in [0.3, 0.4) is 0 Å². The van der Waals surface area contributed by atoms with Crippen molar-refractivity contribution in [2.45, 2.75) is 225 Å². The van der Waals surface area contributed by atoms with Crippen molar-refractivity contribution in [2.24, 2.45) is 0 Å². The Hall–Kier alpha value is -0.240. The van der Waals surface area contributed by atoms with Crippen molar-refractivity contribution in [1.29, 1.82) is 0 Å². The van der Waals surface area contributed by atoms with Crippen LogP contribution in [0.5, 0.6) is 0 Å². The molecule has 0 radical (unpaired) electrons. The smallest absolute Gasteiger partial charge is 0.100 e. The van der Waals surface area contributed by atoms with Gasteiger partial charge in [-0.3, -0.25) is 0 Å². The Morgan fingerprint density at radius 3 is 0.653 bits per heavy atom. The molecule has 6 heteroatoms. The van der Waals surface area contributed by atoms with Gasteiger partial charge < -0.3 is 29.5 Å². The molecule has 0 heterocycles. The number of rotatable bonds is 42. The third-order valence-electron chi connectivity index (χ3n) is 9.45. The summed E-state index contributed by atoms with van der Waals surface area (Å²) in [6.07, 6.45) is 44.2. The topological polar surface area (TPSA) is 88.4 Å². The Labute approximate surface area is 307 Å². The first-order chi connectivity index (χ1) is 24.2. The van der Waals surface area contributed by atoms with Gasteiger partial charge in [0.25, 0.3) is 0 Å². The van der Waals surface area contributed by atoms with Gasteiger partial charge in [-0.15, -0.1) is 0 Å². The van der Waals surface area contributed by atoms with E-state index in [1.165, 1.54) is 205 Å². The normalized spacial score (nSPS) is 11.4. The highest BCUT2D eigenvalue weighted by Gasteiger charge is 1.98. The lowest BCUT2D eigenvalue weighted by Gasteiger charge is -2.07. The molecule has 49 heavy (non-hydrogen) atoms. The molecule has 0 aliphatic rings. The van der Waals surface area contributed by atoms with Crippen molar-refractivity contribution in [3.05, 3.63) is 0 Å². The zero-order chi connectivity index (χ0) is 36.0. The summed E-state index contributed by atoms with van der Waals surface area (Å²) in [6.45, 7) is 8.47. The highest BCUT2D eigenvalue weighted by molar-refractivity contribution is 4.52. The van der Waals surface area contributed by atoms with Crippen molar-refractivity contribution in [1.82, 2.24) is 0 Å². The predicted octanol–water partition coefficient (Wildman–Crippen LogP) is 11.9. The highest BCUT2D eigenvalue weighted by Crippen LogP contribution is 2.15. The molecular formula is C43H90O6. The van der Waals surface area contributed by atoms with Crippen LogP contribution >= 0.6 is 0 Å². The third-order valence-corrected chi connectivity index (χ3v) is 9.45. The molecule has 0 rings (SSSR count). The largest absolute Gasteiger partial charge is 0.394 e. The van der Waals surface area contributed by atoms with E-state index in [1.807, 2.05) is 0 Å². The van der Waals surface area contributed by atoms with E-state index in [4.69, 9.17) is 29.5 Å². The summed E-state index contributed by atoms with van der Waals surface area (Å²) in [6, 6.07) is 0. The number of ether oxygens (including phenoxy) is 3. The van der Waals surface area contributed by atoms with Crippen LogP contribution in [0.2, 0.25) is 0 Å². The molecule has 0 aliphatic heterocycles. The summed E-state index contributed by atoms with van der Waals surface area (Å²) in [7, 11) is 0. The van der Waals surface area contributed by atoms with Crippen LogP contribution in [-0.2, 0) is 14.2 Å². The van der Waals surface area contributed by atoms with E-state index < -0.39 is 6.10 Å². The highest BCUT2D eigenvalue weighted by atomic mass is 16.5. The summed E-state index contributed by atoms with van der Waals surface area (Å²) < 4.78 is 17.1. The maximum absolute atomic E-state index is 8.17. The van der Waals surface area contributed by atoms with Gasteiger partial charge in [0.15, 0.2) is 0 Å². The number of aliphatic hydroxyl groups excluding tert-OH is 3.